The van der Waals surface area contributed by atoms with Crippen molar-refractivity contribution in [1.29, 1.82) is 5.41 Å². The van der Waals surface area contributed by atoms with E-state index < -0.39 is 10.3 Å². The van der Waals surface area contributed by atoms with Crippen LogP contribution in [0.3, 0.4) is 0 Å². The van der Waals surface area contributed by atoms with Gasteiger partial charge in [-0.2, -0.15) is 4.98 Å². The number of hydrogen-bond acceptors (Lipinski definition) is 6. The van der Waals surface area contributed by atoms with Crippen molar-refractivity contribution in [3.8, 4) is 11.8 Å². The van der Waals surface area contributed by atoms with Gasteiger partial charge in [0, 0.05) is 28.4 Å². The molecule has 152 valence electrons. The zero-order valence-electron chi connectivity index (χ0n) is 16.4. The van der Waals surface area contributed by atoms with Gasteiger partial charge in [0.25, 0.3) is 0 Å². The van der Waals surface area contributed by atoms with Crippen LogP contribution < -0.4 is 10.6 Å². The summed E-state index contributed by atoms with van der Waals surface area (Å²) in [6.45, 7) is 0.696. The Bertz CT molecular complexity index is 1110. The van der Waals surface area contributed by atoms with E-state index in [4.69, 9.17) is 5.41 Å². The highest BCUT2D eigenvalue weighted by atomic mass is 32.3. The molecule has 3 aromatic rings. The Hall–Kier alpha value is -3.34. The Balaban J connectivity index is 1.68. The van der Waals surface area contributed by atoms with E-state index in [2.05, 4.69) is 32.4 Å². The molecule has 0 saturated carbocycles. The van der Waals surface area contributed by atoms with E-state index in [1.54, 1.807) is 6.20 Å². The number of anilines is 3. The third-order valence-corrected chi connectivity index (χ3v) is 7.14. The van der Waals surface area contributed by atoms with Crippen molar-refractivity contribution in [2.75, 3.05) is 22.9 Å². The number of rotatable bonds is 1. The monoisotopic (exact) mass is 417 g/mol. The van der Waals surface area contributed by atoms with Gasteiger partial charge >= 0.3 is 0 Å². The lowest BCUT2D eigenvalue weighted by Gasteiger charge is -2.29. The minimum atomic E-state index is -2.27. The van der Waals surface area contributed by atoms with Gasteiger partial charge < -0.3 is 20.6 Å². The summed E-state index contributed by atoms with van der Waals surface area (Å²) in [6.07, 6.45) is 3.37. The molecule has 0 radical (unpaired) electrons. The largest absolute Gasteiger partial charge is 0.369 e. The molecule has 2 heterocycles. The summed E-state index contributed by atoms with van der Waals surface area (Å²) in [5.74, 6) is 8.01. The first kappa shape index (κ1) is 20.0. The fraction of sp³-hybridized carbons (Fsp3) is 0.174. The highest BCUT2D eigenvalue weighted by molar-refractivity contribution is 8.39. The van der Waals surface area contributed by atoms with Crippen molar-refractivity contribution in [2.45, 2.75) is 17.7 Å². The number of hydrogen-bond donors (Lipinski definition) is 4. The zero-order valence-corrected chi connectivity index (χ0v) is 17.2. The third kappa shape index (κ3) is 4.62. The van der Waals surface area contributed by atoms with Gasteiger partial charge in [-0.15, -0.1) is 0 Å². The molecule has 1 aromatic heterocycles. The summed E-state index contributed by atoms with van der Waals surface area (Å²) >= 11 is 0. The quantitative estimate of drug-likeness (QED) is 0.252. The normalized spacial score (nSPS) is 20.3. The van der Waals surface area contributed by atoms with E-state index in [9.17, 15) is 4.55 Å². The van der Waals surface area contributed by atoms with Crippen LogP contribution in [-0.2, 0) is 0 Å². The summed E-state index contributed by atoms with van der Waals surface area (Å²) < 4.78 is 11.0. The minimum Gasteiger partial charge on any atom is -0.369 e. The molecule has 1 aliphatic rings. The maximum absolute atomic E-state index is 11.0. The van der Waals surface area contributed by atoms with Gasteiger partial charge in [-0.3, -0.25) is 0 Å². The molecule has 1 aliphatic heterocycles. The number of fused-ring (bicyclic) bond motifs is 4. The minimum absolute atomic E-state index is 0.451. The van der Waals surface area contributed by atoms with E-state index in [0.717, 1.165) is 34.6 Å². The van der Waals surface area contributed by atoms with Crippen molar-refractivity contribution in [3.63, 3.8) is 0 Å². The first-order valence-electron chi connectivity index (χ1n) is 9.75. The molecule has 7 heteroatoms. The lowest BCUT2D eigenvalue weighted by Crippen LogP contribution is -2.09. The van der Waals surface area contributed by atoms with Crippen molar-refractivity contribution < 1.29 is 4.55 Å². The van der Waals surface area contributed by atoms with Crippen LogP contribution in [-0.4, -0.2) is 32.4 Å². The van der Waals surface area contributed by atoms with Crippen LogP contribution in [0.1, 0.15) is 24.0 Å². The van der Waals surface area contributed by atoms with Gasteiger partial charge in [-0.05, 0) is 43.2 Å². The summed E-state index contributed by atoms with van der Waals surface area (Å²) in [4.78, 5) is 9.80. The van der Waals surface area contributed by atoms with E-state index in [0.29, 0.717) is 24.1 Å². The molecule has 4 N–H and O–H groups in total. The standard InChI is InChI=1S/C23H23N5OS/c24-17-30(29)14-5-4-13-25-22-19(12-11-18-7-2-1-3-8-18)16-26-23(28-22)27-20-9-6-10-21(30)15-20/h1-3,6-10,15-17,24,29H,4-5,13-14H2,(H2,25,26,27,28). The van der Waals surface area contributed by atoms with Gasteiger partial charge in [0.05, 0.1) is 17.3 Å². The van der Waals surface area contributed by atoms with Crippen LogP contribution in [0.5, 0.6) is 0 Å². The van der Waals surface area contributed by atoms with E-state index in [-0.39, 0.29) is 0 Å². The molecule has 2 aromatic carbocycles. The Labute approximate surface area is 177 Å². The average Bonchev–Trinajstić information content (AvgIpc) is 2.79. The van der Waals surface area contributed by atoms with Crippen LogP contribution in [0.2, 0.25) is 0 Å². The molecule has 0 aliphatic carbocycles. The maximum Gasteiger partial charge on any atom is 0.229 e. The van der Waals surface area contributed by atoms with Crippen LogP contribution in [0, 0.1) is 17.3 Å². The number of benzene rings is 2. The number of nitrogens with zero attached hydrogens (tertiary/aromatic N) is 2. The molecule has 1 atom stereocenters. The molecule has 0 spiro atoms. The van der Waals surface area contributed by atoms with Crippen LogP contribution in [0.25, 0.3) is 0 Å². The number of nitrogens with one attached hydrogen (secondary N) is 3. The first-order chi connectivity index (χ1) is 14.7. The third-order valence-electron chi connectivity index (χ3n) is 4.77. The van der Waals surface area contributed by atoms with Crippen molar-refractivity contribution in [3.05, 3.63) is 71.9 Å². The lowest BCUT2D eigenvalue weighted by molar-refractivity contribution is 0.632. The Kier molecular flexibility index (Phi) is 5.98. The Morgan fingerprint density at radius 2 is 1.93 bits per heavy atom. The first-order valence-corrected chi connectivity index (χ1v) is 11.6. The molecule has 4 rings (SSSR count). The molecule has 30 heavy (non-hydrogen) atoms. The fourth-order valence-corrected chi connectivity index (χ4v) is 4.93. The average molecular weight is 418 g/mol. The van der Waals surface area contributed by atoms with Gasteiger partial charge in [-0.1, -0.05) is 46.4 Å². The maximum atomic E-state index is 11.0. The van der Waals surface area contributed by atoms with Crippen molar-refractivity contribution in [2.24, 2.45) is 0 Å². The second kappa shape index (κ2) is 8.99. The van der Waals surface area contributed by atoms with Crippen LogP contribution >= 0.6 is 10.3 Å². The predicted molar refractivity (Wildman–Crippen MR) is 124 cm³/mol. The second-order valence-electron chi connectivity index (χ2n) is 6.94. The predicted octanol–water partition coefficient (Wildman–Crippen LogP) is 5.07. The van der Waals surface area contributed by atoms with Crippen LogP contribution in [0.4, 0.5) is 17.5 Å². The smallest absolute Gasteiger partial charge is 0.229 e. The molecular weight excluding hydrogens is 394 g/mol. The zero-order chi connectivity index (χ0) is 20.8. The summed E-state index contributed by atoms with van der Waals surface area (Å²) in [5.41, 5.74) is 3.64. The summed E-state index contributed by atoms with van der Waals surface area (Å²) in [6, 6.07) is 17.3. The van der Waals surface area contributed by atoms with E-state index >= 15 is 0 Å². The molecule has 0 fully saturated rings. The fourth-order valence-electron chi connectivity index (χ4n) is 3.15. The van der Waals surface area contributed by atoms with Gasteiger partial charge in [0.1, 0.15) is 5.82 Å². The molecular formula is C23H23N5OS. The topological polar surface area (TPSA) is 93.9 Å². The van der Waals surface area contributed by atoms with E-state index in [1.165, 1.54) is 5.55 Å². The Morgan fingerprint density at radius 1 is 1.07 bits per heavy atom. The van der Waals surface area contributed by atoms with Gasteiger partial charge in [0.2, 0.25) is 5.95 Å². The van der Waals surface area contributed by atoms with Crippen LogP contribution in [0.15, 0.2) is 65.7 Å². The second-order valence-corrected chi connectivity index (χ2v) is 9.56. The molecule has 6 nitrogen and oxygen atoms in total. The molecule has 1 unspecified atom stereocenters. The summed E-state index contributed by atoms with van der Waals surface area (Å²) in [5, 5.41) is 14.3. The highest BCUT2D eigenvalue weighted by Crippen LogP contribution is 2.50. The van der Waals surface area contributed by atoms with Gasteiger partial charge in [-0.25, -0.2) is 4.98 Å². The highest BCUT2D eigenvalue weighted by Gasteiger charge is 2.21. The molecule has 0 amide bonds. The van der Waals surface area contributed by atoms with Crippen molar-refractivity contribution in [1.82, 2.24) is 9.97 Å². The van der Waals surface area contributed by atoms with Gasteiger partial charge in [0.15, 0.2) is 0 Å². The molecule has 4 bridgehead atoms. The van der Waals surface area contributed by atoms with E-state index in [1.807, 2.05) is 54.6 Å². The SMILES string of the molecule is N=CS1(O)CCCCNc2nc(ncc2C#Cc2ccccc2)Nc2cccc1c2. The molecule has 0 saturated heterocycles. The Morgan fingerprint density at radius 3 is 2.77 bits per heavy atom. The summed E-state index contributed by atoms with van der Waals surface area (Å²) in [7, 11) is -2.27. The van der Waals surface area contributed by atoms with Crippen molar-refractivity contribution >= 4 is 33.3 Å². The lowest BCUT2D eigenvalue weighted by atomic mass is 10.2. The number of aromatic nitrogens is 2.